The molecule has 0 N–H and O–H groups in total. The van der Waals surface area contributed by atoms with Crippen LogP contribution in [0.2, 0.25) is 0 Å². The first-order valence-electron chi connectivity index (χ1n) is 9.67. The minimum atomic E-state index is -0.149. The molecule has 0 bridgehead atoms. The van der Waals surface area contributed by atoms with Crippen LogP contribution >= 0.6 is 0 Å². The number of hydrogen-bond donors (Lipinski definition) is 0. The first-order valence-corrected chi connectivity index (χ1v) is 9.67. The molecule has 0 radical (unpaired) electrons. The SMILES string of the molecule is CC1CC(=O)/C(=C\c2cc3ccccc3n2-c2ncccn2)CC(C)C(=O)C1. The van der Waals surface area contributed by atoms with Gasteiger partial charge in [-0.3, -0.25) is 14.2 Å². The average molecular weight is 373 g/mol. The Kier molecular flexibility index (Phi) is 4.90. The molecule has 28 heavy (non-hydrogen) atoms. The van der Waals surface area contributed by atoms with Crippen LogP contribution in [0.1, 0.15) is 38.8 Å². The van der Waals surface area contributed by atoms with Crippen molar-refractivity contribution >= 4 is 28.5 Å². The predicted octanol–water partition coefficient (Wildman–Crippen LogP) is 4.40. The number of carbonyl (C=O) groups is 2. The maximum Gasteiger partial charge on any atom is 0.234 e. The number of hydrogen-bond acceptors (Lipinski definition) is 4. The normalized spacial score (nSPS) is 22.4. The molecule has 1 aromatic carbocycles. The summed E-state index contributed by atoms with van der Waals surface area (Å²) in [6, 6.07) is 11.8. The number of nitrogens with zero attached hydrogens (tertiary/aromatic N) is 3. The molecule has 1 saturated carbocycles. The van der Waals surface area contributed by atoms with Crippen LogP contribution in [0.15, 0.2) is 54.4 Å². The maximum atomic E-state index is 12.9. The second-order valence-electron chi connectivity index (χ2n) is 7.69. The predicted molar refractivity (Wildman–Crippen MR) is 109 cm³/mol. The number of fused-ring (bicyclic) bond motifs is 1. The quantitative estimate of drug-likeness (QED) is 0.625. The summed E-state index contributed by atoms with van der Waals surface area (Å²) in [5.74, 6) is 0.847. The van der Waals surface area contributed by atoms with Crippen LogP contribution < -0.4 is 0 Å². The zero-order chi connectivity index (χ0) is 19.7. The Hall–Kier alpha value is -3.08. The van der Waals surface area contributed by atoms with E-state index < -0.39 is 0 Å². The fraction of sp³-hybridized carbons (Fsp3) is 0.304. The van der Waals surface area contributed by atoms with Gasteiger partial charge < -0.3 is 0 Å². The second-order valence-corrected chi connectivity index (χ2v) is 7.69. The van der Waals surface area contributed by atoms with Gasteiger partial charge in [-0.2, -0.15) is 0 Å². The lowest BCUT2D eigenvalue weighted by Gasteiger charge is -2.20. The van der Waals surface area contributed by atoms with Crippen molar-refractivity contribution in [1.29, 1.82) is 0 Å². The first-order chi connectivity index (χ1) is 13.5. The average Bonchev–Trinajstić information content (AvgIpc) is 3.05. The van der Waals surface area contributed by atoms with Crippen molar-refractivity contribution in [2.45, 2.75) is 33.1 Å². The van der Waals surface area contributed by atoms with Crippen LogP contribution in [-0.4, -0.2) is 26.1 Å². The van der Waals surface area contributed by atoms with Crippen molar-refractivity contribution < 1.29 is 9.59 Å². The fourth-order valence-corrected chi connectivity index (χ4v) is 3.85. The smallest absolute Gasteiger partial charge is 0.234 e. The molecule has 0 aliphatic heterocycles. The molecule has 0 saturated heterocycles. The van der Waals surface area contributed by atoms with Crippen LogP contribution in [0.5, 0.6) is 0 Å². The van der Waals surface area contributed by atoms with Gasteiger partial charge in [0, 0.05) is 36.5 Å². The highest BCUT2D eigenvalue weighted by atomic mass is 16.1. The van der Waals surface area contributed by atoms with Gasteiger partial charge in [-0.25, -0.2) is 9.97 Å². The molecule has 3 aromatic rings. The molecule has 2 heterocycles. The highest BCUT2D eigenvalue weighted by Gasteiger charge is 2.26. The van der Waals surface area contributed by atoms with Crippen molar-refractivity contribution in [3.63, 3.8) is 0 Å². The summed E-state index contributed by atoms with van der Waals surface area (Å²) in [7, 11) is 0. The van der Waals surface area contributed by atoms with Crippen LogP contribution in [0.3, 0.4) is 0 Å². The molecular formula is C23H23N3O2. The Morgan fingerprint density at radius 3 is 2.54 bits per heavy atom. The van der Waals surface area contributed by atoms with E-state index in [1.165, 1.54) is 0 Å². The monoisotopic (exact) mass is 373 g/mol. The third-order valence-corrected chi connectivity index (χ3v) is 5.33. The first kappa shape index (κ1) is 18.3. The summed E-state index contributed by atoms with van der Waals surface area (Å²) < 4.78 is 1.96. The topological polar surface area (TPSA) is 64.8 Å². The molecule has 1 aliphatic rings. The van der Waals surface area contributed by atoms with Crippen molar-refractivity contribution in [2.24, 2.45) is 11.8 Å². The molecule has 0 amide bonds. The standard InChI is InChI=1S/C23H23N3O2/c1-15-10-21(27)16(2)12-18(22(28)11-15)14-19-13-17-6-3-4-7-20(17)26(19)23-24-8-5-9-25-23/h3-9,13-16H,10-12H2,1-2H3/b18-14-. The Bertz CT molecular complexity index is 1070. The molecule has 142 valence electrons. The minimum Gasteiger partial charge on any atom is -0.299 e. The van der Waals surface area contributed by atoms with E-state index in [1.807, 2.05) is 54.8 Å². The van der Waals surface area contributed by atoms with Crippen LogP contribution in [-0.2, 0) is 9.59 Å². The summed E-state index contributed by atoms with van der Waals surface area (Å²) in [4.78, 5) is 34.0. The van der Waals surface area contributed by atoms with Gasteiger partial charge in [-0.15, -0.1) is 0 Å². The molecule has 5 nitrogen and oxygen atoms in total. The summed E-state index contributed by atoms with van der Waals surface area (Å²) >= 11 is 0. The lowest BCUT2D eigenvalue weighted by molar-refractivity contribution is -0.124. The number of aromatic nitrogens is 3. The van der Waals surface area contributed by atoms with Crippen LogP contribution in [0.4, 0.5) is 0 Å². The molecule has 1 aliphatic carbocycles. The van der Waals surface area contributed by atoms with Crippen LogP contribution in [0, 0.1) is 11.8 Å². The number of allylic oxidation sites excluding steroid dienone is 1. The largest absolute Gasteiger partial charge is 0.299 e. The Labute approximate surface area is 164 Å². The van der Waals surface area contributed by atoms with Gasteiger partial charge in [-0.05, 0) is 42.2 Å². The number of rotatable bonds is 2. The molecule has 2 unspecified atom stereocenters. The Morgan fingerprint density at radius 1 is 1.00 bits per heavy atom. The van der Waals surface area contributed by atoms with E-state index in [2.05, 4.69) is 9.97 Å². The Morgan fingerprint density at radius 2 is 1.75 bits per heavy atom. The number of benzene rings is 1. The highest BCUT2D eigenvalue weighted by molar-refractivity contribution is 6.02. The molecule has 1 fully saturated rings. The molecule has 2 aromatic heterocycles. The van der Waals surface area contributed by atoms with Crippen molar-refractivity contribution in [1.82, 2.24) is 14.5 Å². The second kappa shape index (κ2) is 7.50. The van der Waals surface area contributed by atoms with Gasteiger partial charge in [-0.1, -0.05) is 32.0 Å². The Balaban J connectivity index is 1.86. The van der Waals surface area contributed by atoms with Crippen molar-refractivity contribution in [2.75, 3.05) is 0 Å². The van der Waals surface area contributed by atoms with E-state index in [0.717, 1.165) is 16.6 Å². The minimum absolute atomic E-state index is 0.0782. The maximum absolute atomic E-state index is 12.9. The van der Waals surface area contributed by atoms with Crippen molar-refractivity contribution in [3.05, 3.63) is 60.1 Å². The van der Waals surface area contributed by atoms with E-state index in [0.29, 0.717) is 30.8 Å². The number of carbonyl (C=O) groups excluding carboxylic acids is 2. The van der Waals surface area contributed by atoms with Gasteiger partial charge in [0.2, 0.25) is 5.95 Å². The molecule has 4 rings (SSSR count). The molecular weight excluding hydrogens is 350 g/mol. The van der Waals surface area contributed by atoms with E-state index >= 15 is 0 Å². The summed E-state index contributed by atoms with van der Waals surface area (Å²) in [5, 5.41) is 1.05. The summed E-state index contributed by atoms with van der Waals surface area (Å²) in [6.07, 6.45) is 6.70. The molecule has 0 spiro atoms. The number of para-hydroxylation sites is 1. The van der Waals surface area contributed by atoms with E-state index in [1.54, 1.807) is 18.5 Å². The lowest BCUT2D eigenvalue weighted by atomic mass is 9.83. The van der Waals surface area contributed by atoms with Gasteiger partial charge in [0.25, 0.3) is 0 Å². The van der Waals surface area contributed by atoms with E-state index in [9.17, 15) is 9.59 Å². The zero-order valence-corrected chi connectivity index (χ0v) is 16.1. The van der Waals surface area contributed by atoms with Gasteiger partial charge in [0.15, 0.2) is 5.78 Å². The van der Waals surface area contributed by atoms with E-state index in [-0.39, 0.29) is 23.4 Å². The molecule has 2 atom stereocenters. The van der Waals surface area contributed by atoms with Gasteiger partial charge in [0.05, 0.1) is 11.2 Å². The fourth-order valence-electron chi connectivity index (χ4n) is 3.85. The lowest BCUT2D eigenvalue weighted by Crippen LogP contribution is -2.23. The molecule has 5 heteroatoms. The highest BCUT2D eigenvalue weighted by Crippen LogP contribution is 2.29. The van der Waals surface area contributed by atoms with Crippen molar-refractivity contribution in [3.8, 4) is 5.95 Å². The summed E-state index contributed by atoms with van der Waals surface area (Å²) in [6.45, 7) is 3.89. The number of ketones is 2. The zero-order valence-electron chi connectivity index (χ0n) is 16.1. The van der Waals surface area contributed by atoms with Gasteiger partial charge in [0.1, 0.15) is 5.78 Å². The van der Waals surface area contributed by atoms with E-state index in [4.69, 9.17) is 0 Å². The van der Waals surface area contributed by atoms with Gasteiger partial charge >= 0.3 is 0 Å². The number of Topliss-reactive ketones (excluding diaryl/α,β-unsaturated/α-hetero) is 2. The third-order valence-electron chi connectivity index (χ3n) is 5.33. The van der Waals surface area contributed by atoms with Crippen LogP contribution in [0.25, 0.3) is 22.9 Å². The summed E-state index contributed by atoms with van der Waals surface area (Å²) in [5.41, 5.74) is 2.53. The third kappa shape index (κ3) is 3.52.